The minimum atomic E-state index is -0.601. The second kappa shape index (κ2) is 3.25. The van der Waals surface area contributed by atoms with E-state index in [1.807, 2.05) is 0 Å². The van der Waals surface area contributed by atoms with Gasteiger partial charge < -0.3 is 4.42 Å². The van der Waals surface area contributed by atoms with Gasteiger partial charge in [0.1, 0.15) is 5.42 Å². The van der Waals surface area contributed by atoms with Crippen molar-refractivity contribution in [2.24, 2.45) is 0 Å². The molecule has 4 heteroatoms. The van der Waals surface area contributed by atoms with Crippen molar-refractivity contribution >= 4 is 35.9 Å². The molecule has 4 nitrogen and oxygen atoms in total. The number of fused-ring (bicyclic) bond motifs is 3. The highest BCUT2D eigenvalue weighted by atomic mass is 16.4. The van der Waals surface area contributed by atoms with Crippen LogP contribution in [0.3, 0.4) is 0 Å². The third-order valence-electron chi connectivity index (χ3n) is 2.66. The number of allylic oxidation sites excluding steroid dienone is 2. The van der Waals surface area contributed by atoms with Crippen LogP contribution in [-0.4, -0.2) is 11.6 Å². The lowest BCUT2D eigenvalue weighted by atomic mass is 9.99. The zero-order valence-corrected chi connectivity index (χ0v) is 8.60. The van der Waals surface area contributed by atoms with Crippen molar-refractivity contribution in [3.63, 3.8) is 0 Å². The van der Waals surface area contributed by atoms with Gasteiger partial charge in [-0.1, -0.05) is 0 Å². The van der Waals surface area contributed by atoms with Crippen LogP contribution in [0.2, 0.25) is 0 Å². The van der Waals surface area contributed by atoms with E-state index in [9.17, 15) is 14.4 Å². The largest absolute Gasteiger partial charge is 0.422 e. The standard InChI is InChI=1S/C13H6O4/c14-7-1-3-9-10-4-2-8(15)6-12(10)17-13(16)11(9)5-7/h1-6H. The molecule has 0 radical (unpaired) electrons. The highest BCUT2D eigenvalue weighted by Crippen LogP contribution is 2.08. The molecule has 1 aromatic heterocycles. The van der Waals surface area contributed by atoms with Crippen LogP contribution in [-0.2, 0) is 9.59 Å². The van der Waals surface area contributed by atoms with E-state index in [1.54, 1.807) is 12.2 Å². The van der Waals surface area contributed by atoms with Gasteiger partial charge in [0.25, 0.3) is 0 Å². The Morgan fingerprint density at radius 2 is 1.41 bits per heavy atom. The lowest BCUT2D eigenvalue weighted by molar-refractivity contribution is -0.110. The second-order valence-corrected chi connectivity index (χ2v) is 3.75. The summed E-state index contributed by atoms with van der Waals surface area (Å²) >= 11 is 0. The summed E-state index contributed by atoms with van der Waals surface area (Å²) in [7, 11) is 0. The van der Waals surface area contributed by atoms with Gasteiger partial charge in [-0.3, -0.25) is 9.59 Å². The van der Waals surface area contributed by atoms with Crippen LogP contribution >= 0.6 is 0 Å². The van der Waals surface area contributed by atoms with Gasteiger partial charge >= 0.3 is 5.63 Å². The third-order valence-corrected chi connectivity index (χ3v) is 2.66. The van der Waals surface area contributed by atoms with E-state index in [-0.39, 0.29) is 22.2 Å². The fraction of sp³-hybridized carbons (Fsp3) is 0. The maximum Gasteiger partial charge on any atom is 0.344 e. The Kier molecular flexibility index (Phi) is 1.86. The van der Waals surface area contributed by atoms with Crippen LogP contribution in [0, 0.1) is 0 Å². The van der Waals surface area contributed by atoms with Gasteiger partial charge in [-0.05, 0) is 24.3 Å². The van der Waals surface area contributed by atoms with Crippen LogP contribution in [0.15, 0.2) is 21.4 Å². The van der Waals surface area contributed by atoms with E-state index < -0.39 is 5.63 Å². The molecule has 0 atom stereocenters. The number of carbonyl (C=O) groups is 2. The Bertz CT molecular complexity index is 788. The van der Waals surface area contributed by atoms with Gasteiger partial charge in [-0.15, -0.1) is 0 Å². The first-order valence-electron chi connectivity index (χ1n) is 5.00. The van der Waals surface area contributed by atoms with Crippen molar-refractivity contribution in [3.8, 4) is 0 Å². The molecule has 17 heavy (non-hydrogen) atoms. The SMILES string of the molecule is O=C1C=Cc2c3c(c(=O)oc2=C1)=CC(=O)C=C3. The maximum absolute atomic E-state index is 11.6. The molecule has 0 saturated heterocycles. The first kappa shape index (κ1) is 9.72. The Hall–Kier alpha value is -2.49. The van der Waals surface area contributed by atoms with E-state index in [1.165, 1.54) is 24.3 Å². The lowest BCUT2D eigenvalue weighted by Crippen LogP contribution is -2.36. The predicted molar refractivity (Wildman–Crippen MR) is 61.2 cm³/mol. The molecule has 0 fully saturated rings. The molecule has 2 aliphatic rings. The summed E-state index contributed by atoms with van der Waals surface area (Å²) in [5.41, 5.74) is 0.916. The molecule has 82 valence electrons. The molecule has 0 aliphatic heterocycles. The minimum absolute atomic E-state index is 0.222. The van der Waals surface area contributed by atoms with E-state index in [4.69, 9.17) is 4.42 Å². The predicted octanol–water partition coefficient (Wildman–Crippen LogP) is -0.607. The normalized spacial score (nSPS) is 16.0. The van der Waals surface area contributed by atoms with Crippen LogP contribution in [0.25, 0.3) is 24.3 Å². The fourth-order valence-corrected chi connectivity index (χ4v) is 1.89. The van der Waals surface area contributed by atoms with Crippen LogP contribution in [0.1, 0.15) is 11.1 Å². The summed E-state index contributed by atoms with van der Waals surface area (Å²) in [6.07, 6.45) is 8.45. The summed E-state index contributed by atoms with van der Waals surface area (Å²) in [6, 6.07) is 0. The summed E-state index contributed by atoms with van der Waals surface area (Å²) in [4.78, 5) is 34.0. The summed E-state index contributed by atoms with van der Waals surface area (Å²) in [6.45, 7) is 0. The molecular weight excluding hydrogens is 220 g/mol. The lowest BCUT2D eigenvalue weighted by Gasteiger charge is -2.07. The van der Waals surface area contributed by atoms with Crippen molar-refractivity contribution in [1.82, 2.24) is 0 Å². The van der Waals surface area contributed by atoms with Crippen molar-refractivity contribution in [2.45, 2.75) is 0 Å². The van der Waals surface area contributed by atoms with Gasteiger partial charge in [-0.2, -0.15) is 0 Å². The molecular formula is C13H6O4. The van der Waals surface area contributed by atoms with Gasteiger partial charge in [-0.25, -0.2) is 4.79 Å². The Balaban J connectivity index is 2.53. The minimum Gasteiger partial charge on any atom is -0.422 e. The quantitative estimate of drug-likeness (QED) is 0.592. The molecule has 0 spiro atoms. The summed E-state index contributed by atoms with van der Waals surface area (Å²) in [5, 5.41) is 0.239. The topological polar surface area (TPSA) is 64.3 Å². The van der Waals surface area contributed by atoms with Crippen molar-refractivity contribution in [3.05, 3.63) is 44.3 Å². The number of ketones is 2. The molecule has 0 saturated carbocycles. The van der Waals surface area contributed by atoms with Gasteiger partial charge in [0.15, 0.2) is 11.6 Å². The average Bonchev–Trinajstić information content (AvgIpc) is 2.29. The molecule has 0 amide bonds. The first-order valence-corrected chi connectivity index (χ1v) is 5.00. The molecule has 2 aliphatic carbocycles. The van der Waals surface area contributed by atoms with Crippen LogP contribution in [0.5, 0.6) is 0 Å². The van der Waals surface area contributed by atoms with Crippen LogP contribution < -0.4 is 16.3 Å². The van der Waals surface area contributed by atoms with Crippen molar-refractivity contribution in [1.29, 1.82) is 0 Å². The highest BCUT2D eigenvalue weighted by Gasteiger charge is 2.14. The number of hydrogen-bond donors (Lipinski definition) is 0. The van der Waals surface area contributed by atoms with E-state index in [0.29, 0.717) is 11.1 Å². The molecule has 0 N–H and O–H groups in total. The third kappa shape index (κ3) is 1.42. The Labute approximate surface area is 94.9 Å². The molecule has 0 aromatic carbocycles. The highest BCUT2D eigenvalue weighted by molar-refractivity contribution is 6.18. The zero-order valence-electron chi connectivity index (χ0n) is 8.60. The Morgan fingerprint density at radius 3 is 2.18 bits per heavy atom. The molecule has 1 aromatic rings. The average molecular weight is 226 g/mol. The number of hydrogen-bond acceptors (Lipinski definition) is 4. The fourth-order valence-electron chi connectivity index (χ4n) is 1.89. The van der Waals surface area contributed by atoms with Crippen LogP contribution in [0.4, 0.5) is 0 Å². The smallest absolute Gasteiger partial charge is 0.344 e. The van der Waals surface area contributed by atoms with Crippen molar-refractivity contribution < 1.29 is 14.0 Å². The van der Waals surface area contributed by atoms with E-state index >= 15 is 0 Å². The van der Waals surface area contributed by atoms with E-state index in [0.717, 1.165) is 0 Å². The first-order chi connectivity index (χ1) is 8.15. The maximum atomic E-state index is 11.6. The monoisotopic (exact) mass is 226 g/mol. The molecule has 1 heterocycles. The summed E-state index contributed by atoms with van der Waals surface area (Å²) in [5.74, 6) is -0.468. The molecule has 0 unspecified atom stereocenters. The number of rotatable bonds is 0. The molecule has 3 rings (SSSR count). The number of carbonyl (C=O) groups excluding carboxylic acids is 2. The zero-order chi connectivity index (χ0) is 12.0. The second-order valence-electron chi connectivity index (χ2n) is 3.75. The van der Waals surface area contributed by atoms with Gasteiger partial charge in [0.05, 0.1) is 5.22 Å². The van der Waals surface area contributed by atoms with Gasteiger partial charge in [0.2, 0.25) is 0 Å². The van der Waals surface area contributed by atoms with E-state index in [2.05, 4.69) is 0 Å². The van der Waals surface area contributed by atoms with Crippen molar-refractivity contribution in [2.75, 3.05) is 0 Å². The van der Waals surface area contributed by atoms with Gasteiger partial charge in [0, 0.05) is 23.3 Å². The summed E-state index contributed by atoms with van der Waals surface area (Å²) < 4.78 is 5.02. The Morgan fingerprint density at radius 1 is 0.765 bits per heavy atom. The molecule has 0 bridgehead atoms.